The number of guanidine groups is 1. The molecule has 1 aliphatic heterocycles. The summed E-state index contributed by atoms with van der Waals surface area (Å²) < 4.78 is 5.40. The van der Waals surface area contributed by atoms with Crippen LogP contribution in [0.3, 0.4) is 0 Å². The van der Waals surface area contributed by atoms with Crippen LogP contribution in [-0.2, 0) is 4.74 Å². The fourth-order valence-electron chi connectivity index (χ4n) is 2.73. The number of methoxy groups -OCH3 is 1. The van der Waals surface area contributed by atoms with Gasteiger partial charge in [-0.3, -0.25) is 4.99 Å². The van der Waals surface area contributed by atoms with Crippen LogP contribution in [0.1, 0.15) is 52.9 Å². The van der Waals surface area contributed by atoms with Crippen molar-refractivity contribution >= 4 is 5.96 Å². The first kappa shape index (κ1) is 19.2. The van der Waals surface area contributed by atoms with E-state index >= 15 is 0 Å². The molecule has 0 bridgehead atoms. The Bertz CT molecular complexity index is 331. The molecular weight excluding hydrogens is 276 g/mol. The summed E-state index contributed by atoms with van der Waals surface area (Å²) in [5, 5.41) is 6.69. The number of hydrogen-bond acceptors (Lipinski definition) is 3. The standard InChI is InChI=1S/C17H36N4O/c1-15-10-6-8-12-21(15)13-9-7-11-19-16(18-4)20-14-17(2,3)22-5/h15H,6-14H2,1-5H3,(H2,18,19,20). The summed E-state index contributed by atoms with van der Waals surface area (Å²) in [6.45, 7) is 10.7. The largest absolute Gasteiger partial charge is 0.377 e. The highest BCUT2D eigenvalue weighted by atomic mass is 16.5. The summed E-state index contributed by atoms with van der Waals surface area (Å²) in [4.78, 5) is 6.89. The third kappa shape index (κ3) is 7.45. The average molecular weight is 313 g/mol. The molecule has 130 valence electrons. The summed E-state index contributed by atoms with van der Waals surface area (Å²) in [7, 11) is 3.55. The Hall–Kier alpha value is -0.810. The maximum atomic E-state index is 5.40. The number of aliphatic imine (C=N–C) groups is 1. The Morgan fingerprint density at radius 2 is 2.05 bits per heavy atom. The van der Waals surface area contributed by atoms with Gasteiger partial charge in [-0.05, 0) is 59.5 Å². The van der Waals surface area contributed by atoms with Crippen molar-refractivity contribution < 1.29 is 4.74 Å². The van der Waals surface area contributed by atoms with Crippen LogP contribution < -0.4 is 10.6 Å². The summed E-state index contributed by atoms with van der Waals surface area (Å²) in [6.07, 6.45) is 6.56. The topological polar surface area (TPSA) is 48.9 Å². The van der Waals surface area contributed by atoms with Crippen molar-refractivity contribution in [3.8, 4) is 0 Å². The smallest absolute Gasteiger partial charge is 0.191 e. The van der Waals surface area contributed by atoms with E-state index < -0.39 is 0 Å². The molecule has 0 aromatic rings. The predicted molar refractivity (Wildman–Crippen MR) is 94.6 cm³/mol. The maximum absolute atomic E-state index is 5.40. The lowest BCUT2D eigenvalue weighted by Crippen LogP contribution is -2.45. The van der Waals surface area contributed by atoms with Gasteiger partial charge >= 0.3 is 0 Å². The molecule has 0 aliphatic carbocycles. The van der Waals surface area contributed by atoms with Crippen molar-refractivity contribution in [1.29, 1.82) is 0 Å². The van der Waals surface area contributed by atoms with E-state index in [1.165, 1.54) is 45.2 Å². The van der Waals surface area contributed by atoms with Crippen molar-refractivity contribution in [2.24, 2.45) is 4.99 Å². The molecule has 0 amide bonds. The van der Waals surface area contributed by atoms with Crippen LogP contribution in [0, 0.1) is 0 Å². The fraction of sp³-hybridized carbons (Fsp3) is 0.941. The van der Waals surface area contributed by atoms with E-state index in [1.807, 2.05) is 7.05 Å². The minimum Gasteiger partial charge on any atom is -0.377 e. The van der Waals surface area contributed by atoms with E-state index in [1.54, 1.807) is 7.11 Å². The highest BCUT2D eigenvalue weighted by Crippen LogP contribution is 2.16. The fourth-order valence-corrected chi connectivity index (χ4v) is 2.73. The summed E-state index contributed by atoms with van der Waals surface area (Å²) in [5.74, 6) is 0.858. The first-order valence-electron chi connectivity index (χ1n) is 8.72. The Labute approximate surface area is 136 Å². The van der Waals surface area contributed by atoms with E-state index in [2.05, 4.69) is 41.3 Å². The lowest BCUT2D eigenvalue weighted by molar-refractivity contribution is 0.0268. The highest BCUT2D eigenvalue weighted by Gasteiger charge is 2.17. The highest BCUT2D eigenvalue weighted by molar-refractivity contribution is 5.79. The molecule has 1 saturated heterocycles. The molecule has 0 aromatic carbocycles. The minimum absolute atomic E-state index is 0.179. The number of rotatable bonds is 8. The van der Waals surface area contributed by atoms with Crippen LogP contribution in [0.25, 0.3) is 0 Å². The second-order valence-corrected chi connectivity index (χ2v) is 6.90. The van der Waals surface area contributed by atoms with E-state index in [9.17, 15) is 0 Å². The van der Waals surface area contributed by atoms with Gasteiger partial charge in [-0.2, -0.15) is 0 Å². The Morgan fingerprint density at radius 1 is 1.27 bits per heavy atom. The molecule has 0 spiro atoms. The maximum Gasteiger partial charge on any atom is 0.191 e. The number of nitrogens with zero attached hydrogens (tertiary/aromatic N) is 2. The number of ether oxygens (including phenoxy) is 1. The minimum atomic E-state index is -0.179. The summed E-state index contributed by atoms with van der Waals surface area (Å²) >= 11 is 0. The van der Waals surface area contributed by atoms with E-state index in [4.69, 9.17) is 4.74 Å². The lowest BCUT2D eigenvalue weighted by atomic mass is 10.0. The number of piperidine rings is 1. The van der Waals surface area contributed by atoms with Crippen LogP contribution >= 0.6 is 0 Å². The van der Waals surface area contributed by atoms with Gasteiger partial charge in [0, 0.05) is 33.3 Å². The molecule has 1 unspecified atom stereocenters. The lowest BCUT2D eigenvalue weighted by Gasteiger charge is -2.33. The van der Waals surface area contributed by atoms with Gasteiger partial charge in [0.25, 0.3) is 0 Å². The molecule has 0 aromatic heterocycles. The molecule has 1 rings (SSSR count). The van der Waals surface area contributed by atoms with Crippen molar-refractivity contribution in [1.82, 2.24) is 15.5 Å². The second kappa shape index (κ2) is 10.1. The monoisotopic (exact) mass is 312 g/mol. The quantitative estimate of drug-likeness (QED) is 0.410. The van der Waals surface area contributed by atoms with Gasteiger partial charge in [0.2, 0.25) is 0 Å². The van der Waals surface area contributed by atoms with Crippen LogP contribution in [0.4, 0.5) is 0 Å². The van der Waals surface area contributed by atoms with E-state index in [0.717, 1.165) is 25.1 Å². The molecule has 1 atom stereocenters. The molecule has 1 fully saturated rings. The Balaban J connectivity index is 2.11. The molecule has 0 radical (unpaired) electrons. The first-order chi connectivity index (χ1) is 10.5. The molecule has 22 heavy (non-hydrogen) atoms. The van der Waals surface area contributed by atoms with Gasteiger partial charge in [0.05, 0.1) is 5.60 Å². The van der Waals surface area contributed by atoms with Crippen molar-refractivity contribution in [3.63, 3.8) is 0 Å². The normalized spacial score (nSPS) is 21.0. The third-order valence-electron chi connectivity index (χ3n) is 4.56. The SMILES string of the molecule is CN=C(NCCCCN1CCCCC1C)NCC(C)(C)OC. The zero-order valence-corrected chi connectivity index (χ0v) is 15.2. The van der Waals surface area contributed by atoms with Crippen molar-refractivity contribution in [3.05, 3.63) is 0 Å². The van der Waals surface area contributed by atoms with Gasteiger partial charge < -0.3 is 20.3 Å². The van der Waals surface area contributed by atoms with E-state index in [-0.39, 0.29) is 5.60 Å². The number of nitrogens with one attached hydrogen (secondary N) is 2. The van der Waals surface area contributed by atoms with E-state index in [0.29, 0.717) is 0 Å². The van der Waals surface area contributed by atoms with Crippen LogP contribution in [0.2, 0.25) is 0 Å². The van der Waals surface area contributed by atoms with Gasteiger partial charge in [-0.1, -0.05) is 6.42 Å². The second-order valence-electron chi connectivity index (χ2n) is 6.90. The zero-order chi connectivity index (χ0) is 16.4. The average Bonchev–Trinajstić information content (AvgIpc) is 2.51. The van der Waals surface area contributed by atoms with Gasteiger partial charge in [0.1, 0.15) is 0 Å². The zero-order valence-electron chi connectivity index (χ0n) is 15.2. The summed E-state index contributed by atoms with van der Waals surface area (Å²) in [5.41, 5.74) is -0.179. The molecular formula is C17H36N4O. The predicted octanol–water partition coefficient (Wildman–Crippen LogP) is 2.23. The third-order valence-corrected chi connectivity index (χ3v) is 4.56. The first-order valence-corrected chi connectivity index (χ1v) is 8.72. The number of hydrogen-bond donors (Lipinski definition) is 2. The van der Waals surface area contributed by atoms with Crippen LogP contribution in [-0.4, -0.2) is 62.8 Å². The van der Waals surface area contributed by atoms with Gasteiger partial charge in [0.15, 0.2) is 5.96 Å². The molecule has 5 nitrogen and oxygen atoms in total. The van der Waals surface area contributed by atoms with Crippen LogP contribution in [0.5, 0.6) is 0 Å². The Morgan fingerprint density at radius 3 is 2.68 bits per heavy atom. The molecule has 1 heterocycles. The number of unbranched alkanes of at least 4 members (excludes halogenated alkanes) is 1. The van der Waals surface area contributed by atoms with Gasteiger partial charge in [-0.25, -0.2) is 0 Å². The Kier molecular flexibility index (Phi) is 8.79. The number of likely N-dealkylation sites (tertiary alicyclic amines) is 1. The molecule has 5 heteroatoms. The molecule has 0 saturated carbocycles. The van der Waals surface area contributed by atoms with Crippen molar-refractivity contribution in [2.75, 3.05) is 40.3 Å². The van der Waals surface area contributed by atoms with Gasteiger partial charge in [-0.15, -0.1) is 0 Å². The summed E-state index contributed by atoms with van der Waals surface area (Å²) in [6, 6.07) is 0.771. The molecule has 2 N–H and O–H groups in total. The van der Waals surface area contributed by atoms with Crippen molar-refractivity contribution in [2.45, 2.75) is 64.5 Å². The molecule has 1 aliphatic rings. The van der Waals surface area contributed by atoms with Crippen LogP contribution in [0.15, 0.2) is 4.99 Å².